The van der Waals surface area contributed by atoms with E-state index < -0.39 is 69.5 Å². The maximum absolute atomic E-state index is 13.9. The molecule has 1 aliphatic rings. The van der Waals surface area contributed by atoms with E-state index in [0.29, 0.717) is 16.4 Å². The zero-order valence-electron chi connectivity index (χ0n) is 16.7. The molecule has 0 spiro atoms. The predicted octanol–water partition coefficient (Wildman–Crippen LogP) is 2.28. The van der Waals surface area contributed by atoms with Gasteiger partial charge < -0.3 is 14.9 Å². The van der Waals surface area contributed by atoms with E-state index in [1.165, 1.54) is 6.07 Å². The van der Waals surface area contributed by atoms with Gasteiger partial charge in [0.05, 0.1) is 29.2 Å². The lowest BCUT2D eigenvalue weighted by atomic mass is 9.92. The average Bonchev–Trinajstić information content (AvgIpc) is 3.09. The fourth-order valence-corrected chi connectivity index (χ4v) is 4.95. The second-order valence-electron chi connectivity index (χ2n) is 7.46. The van der Waals surface area contributed by atoms with Crippen molar-refractivity contribution in [3.05, 3.63) is 59.2 Å². The zero-order valence-corrected chi connectivity index (χ0v) is 17.5. The van der Waals surface area contributed by atoms with Gasteiger partial charge in [-0.05, 0) is 30.3 Å². The maximum Gasteiger partial charge on any atom is 0.419 e. The number of aliphatic hydroxyl groups is 2. The fourth-order valence-electron chi connectivity index (χ4n) is 3.39. The number of nitrogens with zero attached hydrogens (tertiary/aromatic N) is 2. The van der Waals surface area contributed by atoms with Crippen LogP contribution >= 0.6 is 0 Å². The molecule has 2 atom stereocenters. The third-order valence-electron chi connectivity index (χ3n) is 5.30. The van der Waals surface area contributed by atoms with Gasteiger partial charge in [-0.25, -0.2) is 17.2 Å². The van der Waals surface area contributed by atoms with Gasteiger partial charge in [0.25, 0.3) is 0 Å². The second kappa shape index (κ2) is 8.86. The number of hydrogen-bond acceptors (Lipinski definition) is 6. The van der Waals surface area contributed by atoms with Crippen LogP contribution in [0.2, 0.25) is 0 Å². The third kappa shape index (κ3) is 4.93. The molecule has 1 unspecified atom stereocenters. The van der Waals surface area contributed by atoms with Gasteiger partial charge in [0.2, 0.25) is 10.0 Å². The van der Waals surface area contributed by atoms with Crippen molar-refractivity contribution in [3.8, 4) is 11.8 Å². The molecule has 0 aromatic heterocycles. The van der Waals surface area contributed by atoms with Gasteiger partial charge >= 0.3 is 6.18 Å². The van der Waals surface area contributed by atoms with Crippen molar-refractivity contribution in [2.75, 3.05) is 26.3 Å². The fraction of sp³-hybridized carbons (Fsp3) is 0.350. The molecule has 2 N–H and O–H groups in total. The van der Waals surface area contributed by atoms with E-state index in [1.807, 2.05) is 0 Å². The molecule has 2 aromatic carbocycles. The molecular weight excluding hydrogens is 475 g/mol. The van der Waals surface area contributed by atoms with Crippen LogP contribution in [-0.2, 0) is 16.2 Å². The smallest absolute Gasteiger partial charge is 0.419 e. The van der Waals surface area contributed by atoms with E-state index in [2.05, 4.69) is 0 Å². The van der Waals surface area contributed by atoms with E-state index in [9.17, 15) is 40.6 Å². The molecule has 13 heteroatoms. The number of halogens is 5. The Kier molecular flexibility index (Phi) is 6.67. The van der Waals surface area contributed by atoms with E-state index in [-0.39, 0.29) is 24.0 Å². The van der Waals surface area contributed by atoms with Crippen LogP contribution in [-0.4, -0.2) is 54.8 Å². The minimum Gasteiger partial charge on any atom is -0.493 e. The summed E-state index contributed by atoms with van der Waals surface area (Å²) in [4.78, 5) is -0.760. The molecule has 7 nitrogen and oxygen atoms in total. The second-order valence-corrected chi connectivity index (χ2v) is 9.40. The van der Waals surface area contributed by atoms with Crippen molar-refractivity contribution >= 4 is 10.0 Å². The molecule has 1 heterocycles. The number of benzene rings is 2. The molecule has 1 aliphatic heterocycles. The van der Waals surface area contributed by atoms with Crippen molar-refractivity contribution in [2.45, 2.75) is 16.7 Å². The van der Waals surface area contributed by atoms with Crippen LogP contribution in [0.25, 0.3) is 0 Å². The largest absolute Gasteiger partial charge is 0.493 e. The van der Waals surface area contributed by atoms with E-state index in [1.54, 1.807) is 6.07 Å². The molecule has 0 radical (unpaired) electrons. The molecule has 2 aromatic rings. The van der Waals surface area contributed by atoms with Gasteiger partial charge in [0.15, 0.2) is 0 Å². The molecule has 0 amide bonds. The van der Waals surface area contributed by atoms with Crippen LogP contribution in [0, 0.1) is 28.9 Å². The first-order chi connectivity index (χ1) is 15.3. The summed E-state index contributed by atoms with van der Waals surface area (Å²) in [6.45, 7) is -2.29. The van der Waals surface area contributed by atoms with Gasteiger partial charge in [0.1, 0.15) is 29.1 Å². The van der Waals surface area contributed by atoms with Crippen molar-refractivity contribution in [1.29, 1.82) is 5.26 Å². The number of sulfonamides is 1. The number of alkyl halides is 3. The van der Waals surface area contributed by atoms with Gasteiger partial charge in [-0.2, -0.15) is 22.7 Å². The third-order valence-corrected chi connectivity index (χ3v) is 7.11. The Morgan fingerprint density at radius 1 is 1.18 bits per heavy atom. The number of ether oxygens (including phenoxy) is 1. The standard InChI is InChI=1S/C20H17F5N2O5S/c21-17-5-14(2-1-12(17)7-26)32-9-13-8-27(10-19(13,29)11-28)33(30,31)15-3-4-16(18(22)6-15)20(23,24)25/h1-6,13,28-29H,8-11H2/t13?,19-/m1/s1. The molecule has 178 valence electrons. The number of rotatable bonds is 6. The van der Waals surface area contributed by atoms with Gasteiger partial charge in [0, 0.05) is 25.1 Å². The van der Waals surface area contributed by atoms with Gasteiger partial charge in [-0.15, -0.1) is 0 Å². The van der Waals surface area contributed by atoms with E-state index in [0.717, 1.165) is 12.1 Å². The molecule has 0 saturated carbocycles. The summed E-state index contributed by atoms with van der Waals surface area (Å²) in [5.41, 5.74) is -3.84. The predicted molar refractivity (Wildman–Crippen MR) is 102 cm³/mol. The first kappa shape index (κ1) is 24.8. The number of β-amino-alcohol motifs (C(OH)–C–C–N with tert-alkyl or cyclic N) is 1. The molecule has 3 rings (SSSR count). The molecular formula is C20H17F5N2O5S. The summed E-state index contributed by atoms with van der Waals surface area (Å²) in [5, 5.41) is 29.1. The summed E-state index contributed by atoms with van der Waals surface area (Å²) >= 11 is 0. The summed E-state index contributed by atoms with van der Waals surface area (Å²) in [7, 11) is -4.53. The lowest BCUT2D eigenvalue weighted by molar-refractivity contribution is -0.140. The Morgan fingerprint density at radius 2 is 1.88 bits per heavy atom. The first-order valence-corrected chi connectivity index (χ1v) is 10.8. The molecule has 1 saturated heterocycles. The highest BCUT2D eigenvalue weighted by atomic mass is 32.2. The Morgan fingerprint density at radius 3 is 2.42 bits per heavy atom. The lowest BCUT2D eigenvalue weighted by Gasteiger charge is -2.26. The average molecular weight is 492 g/mol. The minimum atomic E-state index is -5.01. The van der Waals surface area contributed by atoms with Crippen LogP contribution < -0.4 is 4.74 Å². The first-order valence-electron chi connectivity index (χ1n) is 9.34. The Hall–Kier alpha value is -2.79. The minimum absolute atomic E-state index is 0.0158. The van der Waals surface area contributed by atoms with Gasteiger partial charge in [-0.1, -0.05) is 0 Å². The SMILES string of the molecule is N#Cc1ccc(OCC2CN(S(=O)(=O)c3ccc(C(F)(F)F)c(F)c3)C[C@@]2(O)CO)cc1F. The quantitative estimate of drug-likeness (QED) is 0.599. The monoisotopic (exact) mass is 492 g/mol. The van der Waals surface area contributed by atoms with Crippen molar-refractivity contribution in [1.82, 2.24) is 4.31 Å². The van der Waals surface area contributed by atoms with Crippen molar-refractivity contribution < 1.29 is 45.3 Å². The summed E-state index contributed by atoms with van der Waals surface area (Å²) in [6, 6.07) is 6.13. The lowest BCUT2D eigenvalue weighted by Crippen LogP contribution is -2.44. The number of aliphatic hydroxyl groups excluding tert-OH is 1. The van der Waals surface area contributed by atoms with E-state index >= 15 is 0 Å². The van der Waals surface area contributed by atoms with Crippen LogP contribution in [0.4, 0.5) is 22.0 Å². The Labute approximate surface area is 185 Å². The highest BCUT2D eigenvalue weighted by Gasteiger charge is 2.49. The summed E-state index contributed by atoms with van der Waals surface area (Å²) in [6.07, 6.45) is -5.01. The zero-order chi connectivity index (χ0) is 24.6. The Bertz CT molecular complexity index is 1200. The highest BCUT2D eigenvalue weighted by molar-refractivity contribution is 7.89. The molecule has 1 fully saturated rings. The van der Waals surface area contributed by atoms with E-state index in [4.69, 9.17) is 10.00 Å². The summed E-state index contributed by atoms with van der Waals surface area (Å²) < 4.78 is 97.7. The number of nitriles is 1. The van der Waals surface area contributed by atoms with Crippen molar-refractivity contribution in [3.63, 3.8) is 0 Å². The topological polar surface area (TPSA) is 111 Å². The molecule has 33 heavy (non-hydrogen) atoms. The van der Waals surface area contributed by atoms with Crippen molar-refractivity contribution in [2.24, 2.45) is 5.92 Å². The molecule has 0 bridgehead atoms. The normalized spacial score (nSPS) is 21.7. The Balaban J connectivity index is 1.81. The van der Waals surface area contributed by atoms with Crippen LogP contribution in [0.15, 0.2) is 41.3 Å². The van der Waals surface area contributed by atoms with Gasteiger partial charge in [-0.3, -0.25) is 0 Å². The maximum atomic E-state index is 13.9. The van der Waals surface area contributed by atoms with Crippen LogP contribution in [0.5, 0.6) is 5.75 Å². The van der Waals surface area contributed by atoms with Crippen LogP contribution in [0.3, 0.4) is 0 Å². The molecule has 0 aliphatic carbocycles. The number of hydrogen-bond donors (Lipinski definition) is 2. The summed E-state index contributed by atoms with van der Waals surface area (Å²) in [5.74, 6) is -3.66. The van der Waals surface area contributed by atoms with Crippen LogP contribution in [0.1, 0.15) is 11.1 Å². The highest BCUT2D eigenvalue weighted by Crippen LogP contribution is 2.35.